The number of anilines is 1. The van der Waals surface area contributed by atoms with Crippen molar-refractivity contribution < 1.29 is 14.3 Å². The molecular formula is C19H31IN4O3. The molecule has 27 heavy (non-hydrogen) atoms. The molecule has 1 unspecified atom stereocenters. The zero-order valence-corrected chi connectivity index (χ0v) is 18.2. The van der Waals surface area contributed by atoms with E-state index in [0.717, 1.165) is 44.6 Å². The second-order valence-electron chi connectivity index (χ2n) is 6.10. The highest BCUT2D eigenvalue weighted by Crippen LogP contribution is 2.11. The van der Waals surface area contributed by atoms with Gasteiger partial charge in [-0.2, -0.15) is 0 Å². The Balaban J connectivity index is 0.00000364. The molecule has 1 aliphatic rings. The van der Waals surface area contributed by atoms with Crippen LogP contribution in [0.3, 0.4) is 0 Å². The lowest BCUT2D eigenvalue weighted by Crippen LogP contribution is -2.38. The van der Waals surface area contributed by atoms with Gasteiger partial charge in [0.05, 0.1) is 12.7 Å². The summed E-state index contributed by atoms with van der Waals surface area (Å²) in [4.78, 5) is 16.3. The van der Waals surface area contributed by atoms with Gasteiger partial charge >= 0.3 is 0 Å². The fourth-order valence-corrected chi connectivity index (χ4v) is 2.59. The average molecular weight is 490 g/mol. The first-order valence-electron chi connectivity index (χ1n) is 9.34. The Labute approximate surface area is 178 Å². The number of benzene rings is 1. The highest BCUT2D eigenvalue weighted by Gasteiger charge is 2.14. The Morgan fingerprint density at radius 2 is 2.11 bits per heavy atom. The number of nitrogens with zero attached hydrogens (tertiary/aromatic N) is 1. The molecule has 152 valence electrons. The van der Waals surface area contributed by atoms with Gasteiger partial charge in [-0.25, -0.2) is 4.99 Å². The van der Waals surface area contributed by atoms with Gasteiger partial charge in [-0.3, -0.25) is 4.79 Å². The summed E-state index contributed by atoms with van der Waals surface area (Å²) in [6.45, 7) is 5.75. The number of para-hydroxylation sites is 1. The zero-order chi connectivity index (χ0) is 18.5. The van der Waals surface area contributed by atoms with Crippen LogP contribution in [-0.4, -0.2) is 57.4 Å². The Morgan fingerprint density at radius 3 is 2.81 bits per heavy atom. The van der Waals surface area contributed by atoms with Crippen molar-refractivity contribution in [1.29, 1.82) is 0 Å². The molecule has 1 aliphatic heterocycles. The molecule has 3 N–H and O–H groups in total. The molecule has 1 atom stereocenters. The van der Waals surface area contributed by atoms with E-state index in [-0.39, 0.29) is 42.5 Å². The van der Waals surface area contributed by atoms with Crippen LogP contribution >= 0.6 is 24.0 Å². The van der Waals surface area contributed by atoms with Crippen molar-refractivity contribution in [2.24, 2.45) is 4.99 Å². The minimum atomic E-state index is -0.145. The van der Waals surface area contributed by atoms with E-state index in [2.05, 4.69) is 20.9 Å². The number of rotatable bonds is 10. The SMILES string of the molecule is CCNC(=NCC(=O)Nc1ccccc1)NCCCOCC1CCCO1.I. The van der Waals surface area contributed by atoms with Gasteiger partial charge in [0.2, 0.25) is 5.91 Å². The Kier molecular flexibility index (Phi) is 12.8. The molecule has 2 rings (SSSR count). The van der Waals surface area contributed by atoms with E-state index in [1.807, 2.05) is 37.3 Å². The molecule has 8 heteroatoms. The molecule has 0 spiro atoms. The molecule has 0 bridgehead atoms. The third-order valence-corrected chi connectivity index (χ3v) is 3.87. The largest absolute Gasteiger partial charge is 0.379 e. The van der Waals surface area contributed by atoms with Gasteiger partial charge in [-0.05, 0) is 38.3 Å². The molecule has 0 aromatic heterocycles. The topological polar surface area (TPSA) is 84.0 Å². The van der Waals surface area contributed by atoms with Crippen LogP contribution in [0.1, 0.15) is 26.2 Å². The third-order valence-electron chi connectivity index (χ3n) is 3.87. The van der Waals surface area contributed by atoms with Gasteiger partial charge in [-0.1, -0.05) is 18.2 Å². The maximum atomic E-state index is 12.0. The number of halogens is 1. The lowest BCUT2D eigenvalue weighted by molar-refractivity contribution is -0.114. The second-order valence-corrected chi connectivity index (χ2v) is 6.10. The molecule has 1 heterocycles. The van der Waals surface area contributed by atoms with Crippen LogP contribution in [0, 0.1) is 0 Å². The molecule has 0 aliphatic carbocycles. The van der Waals surface area contributed by atoms with E-state index >= 15 is 0 Å². The van der Waals surface area contributed by atoms with Crippen molar-refractivity contribution in [3.8, 4) is 0 Å². The number of ether oxygens (including phenoxy) is 2. The van der Waals surface area contributed by atoms with Crippen molar-refractivity contribution in [1.82, 2.24) is 10.6 Å². The van der Waals surface area contributed by atoms with Gasteiger partial charge < -0.3 is 25.4 Å². The normalized spacial score (nSPS) is 16.5. The quantitative estimate of drug-likeness (QED) is 0.203. The van der Waals surface area contributed by atoms with E-state index in [0.29, 0.717) is 19.2 Å². The lowest BCUT2D eigenvalue weighted by atomic mass is 10.2. The fraction of sp³-hybridized carbons (Fsp3) is 0.579. The second kappa shape index (κ2) is 14.6. The van der Waals surface area contributed by atoms with Crippen LogP contribution in [0.2, 0.25) is 0 Å². The Bertz CT molecular complexity index is 551. The number of hydrogen-bond donors (Lipinski definition) is 3. The van der Waals surface area contributed by atoms with Crippen molar-refractivity contribution in [2.75, 3.05) is 44.8 Å². The van der Waals surface area contributed by atoms with Crippen molar-refractivity contribution >= 4 is 41.5 Å². The van der Waals surface area contributed by atoms with E-state index in [1.54, 1.807) is 0 Å². The van der Waals surface area contributed by atoms with Gasteiger partial charge in [0.25, 0.3) is 0 Å². The predicted octanol–water partition coefficient (Wildman–Crippen LogP) is 2.38. The number of hydrogen-bond acceptors (Lipinski definition) is 4. The smallest absolute Gasteiger partial charge is 0.246 e. The summed E-state index contributed by atoms with van der Waals surface area (Å²) < 4.78 is 11.2. The van der Waals surface area contributed by atoms with Gasteiger partial charge in [0.1, 0.15) is 6.54 Å². The summed E-state index contributed by atoms with van der Waals surface area (Å²) in [5.41, 5.74) is 0.772. The van der Waals surface area contributed by atoms with E-state index < -0.39 is 0 Å². The van der Waals surface area contributed by atoms with Crippen molar-refractivity contribution in [3.05, 3.63) is 30.3 Å². The van der Waals surface area contributed by atoms with E-state index in [4.69, 9.17) is 9.47 Å². The summed E-state index contributed by atoms with van der Waals surface area (Å²) in [6, 6.07) is 9.37. The minimum absolute atomic E-state index is 0. The van der Waals surface area contributed by atoms with Gasteiger partial charge in [0, 0.05) is 32.0 Å². The van der Waals surface area contributed by atoms with Crippen LogP contribution in [0.25, 0.3) is 0 Å². The van der Waals surface area contributed by atoms with E-state index in [1.165, 1.54) is 0 Å². The number of amides is 1. The van der Waals surface area contributed by atoms with Crippen LogP contribution in [-0.2, 0) is 14.3 Å². The highest BCUT2D eigenvalue weighted by molar-refractivity contribution is 14.0. The summed E-state index contributed by atoms with van der Waals surface area (Å²) in [7, 11) is 0. The average Bonchev–Trinajstić information content (AvgIpc) is 3.16. The number of aliphatic imine (C=N–C) groups is 1. The summed E-state index contributed by atoms with van der Waals surface area (Å²) >= 11 is 0. The monoisotopic (exact) mass is 490 g/mol. The zero-order valence-electron chi connectivity index (χ0n) is 15.9. The molecule has 7 nitrogen and oxygen atoms in total. The maximum Gasteiger partial charge on any atom is 0.246 e. The number of nitrogens with one attached hydrogen (secondary N) is 3. The Morgan fingerprint density at radius 1 is 1.30 bits per heavy atom. The van der Waals surface area contributed by atoms with Crippen LogP contribution in [0.4, 0.5) is 5.69 Å². The molecule has 0 saturated carbocycles. The van der Waals surface area contributed by atoms with Crippen LogP contribution in [0.15, 0.2) is 35.3 Å². The molecule has 1 saturated heterocycles. The highest BCUT2D eigenvalue weighted by atomic mass is 127. The Hall–Kier alpha value is -1.39. The predicted molar refractivity (Wildman–Crippen MR) is 119 cm³/mol. The first kappa shape index (κ1) is 23.6. The molecular weight excluding hydrogens is 459 g/mol. The maximum absolute atomic E-state index is 12.0. The summed E-state index contributed by atoms with van der Waals surface area (Å²) in [5.74, 6) is 0.489. The fourth-order valence-electron chi connectivity index (χ4n) is 2.59. The standard InChI is InChI=1S/C19H30N4O3.HI/c1-2-20-19(21-11-7-12-25-15-17-10-6-13-26-17)22-14-18(24)23-16-8-4-3-5-9-16;/h3-5,8-9,17H,2,6-7,10-15H2,1H3,(H,23,24)(H2,20,21,22);1H. The van der Waals surface area contributed by atoms with Crippen molar-refractivity contribution in [2.45, 2.75) is 32.3 Å². The van der Waals surface area contributed by atoms with Crippen LogP contribution in [0.5, 0.6) is 0 Å². The van der Waals surface area contributed by atoms with Gasteiger partial charge in [-0.15, -0.1) is 24.0 Å². The summed E-state index contributed by atoms with van der Waals surface area (Å²) in [6.07, 6.45) is 3.37. The number of carbonyl (C=O) groups excluding carboxylic acids is 1. The molecule has 1 aromatic carbocycles. The molecule has 0 radical (unpaired) electrons. The lowest BCUT2D eigenvalue weighted by Gasteiger charge is -2.12. The van der Waals surface area contributed by atoms with Crippen LogP contribution < -0.4 is 16.0 Å². The van der Waals surface area contributed by atoms with Crippen molar-refractivity contribution in [3.63, 3.8) is 0 Å². The minimum Gasteiger partial charge on any atom is -0.379 e. The molecule has 1 aromatic rings. The summed E-state index contributed by atoms with van der Waals surface area (Å²) in [5, 5.41) is 9.17. The van der Waals surface area contributed by atoms with E-state index in [9.17, 15) is 4.79 Å². The number of carbonyl (C=O) groups is 1. The molecule has 1 amide bonds. The third kappa shape index (κ3) is 10.5. The first-order valence-corrected chi connectivity index (χ1v) is 9.34. The van der Waals surface area contributed by atoms with Gasteiger partial charge in [0.15, 0.2) is 5.96 Å². The molecule has 1 fully saturated rings. The first-order chi connectivity index (χ1) is 12.8. The number of guanidine groups is 1.